The van der Waals surface area contributed by atoms with Crippen LogP contribution in [0, 0.1) is 13.8 Å². The van der Waals surface area contributed by atoms with Crippen LogP contribution in [0.15, 0.2) is 36.6 Å². The fraction of sp³-hybridized carbons (Fsp3) is 0.483. The second kappa shape index (κ2) is 10.9. The molecule has 1 saturated carbocycles. The number of hydrogen-bond acceptors (Lipinski definition) is 6. The molecule has 0 aromatic carbocycles. The monoisotopic (exact) mass is 489 g/mol. The fourth-order valence-corrected chi connectivity index (χ4v) is 6.73. The van der Waals surface area contributed by atoms with Crippen molar-refractivity contribution in [1.82, 2.24) is 15.3 Å². The third kappa shape index (κ3) is 4.99. The van der Waals surface area contributed by atoms with E-state index in [-0.39, 0.29) is 0 Å². The summed E-state index contributed by atoms with van der Waals surface area (Å²) in [6.07, 6.45) is 18.3. The van der Waals surface area contributed by atoms with E-state index in [4.69, 9.17) is 15.0 Å². The van der Waals surface area contributed by atoms with Gasteiger partial charge in [0.25, 0.3) is 0 Å². The molecule has 186 valence electrons. The number of aromatic nitrogens is 2. The van der Waals surface area contributed by atoms with Crippen LogP contribution in [0.5, 0.6) is 0 Å². The summed E-state index contributed by atoms with van der Waals surface area (Å²) in [6, 6.07) is 0. The Labute approximate surface area is 214 Å². The van der Waals surface area contributed by atoms with Gasteiger partial charge in [-0.25, -0.2) is 9.98 Å². The van der Waals surface area contributed by atoms with E-state index in [1.807, 2.05) is 38.5 Å². The van der Waals surface area contributed by atoms with Gasteiger partial charge in [0.2, 0.25) is 0 Å². The molecule has 35 heavy (non-hydrogen) atoms. The molecule has 1 aliphatic heterocycles. The van der Waals surface area contributed by atoms with Crippen LogP contribution in [0.2, 0.25) is 0 Å². The highest BCUT2D eigenvalue weighted by Gasteiger charge is 2.45. The minimum Gasteiger partial charge on any atom is -0.393 e. The maximum absolute atomic E-state index is 5.03. The molecule has 0 bridgehead atoms. The third-order valence-corrected chi connectivity index (χ3v) is 8.74. The van der Waals surface area contributed by atoms with Crippen LogP contribution in [0.4, 0.5) is 10.1 Å². The molecule has 1 aliphatic carbocycles. The number of aliphatic imine (C=N–C) groups is 1. The van der Waals surface area contributed by atoms with Gasteiger partial charge in [-0.3, -0.25) is 4.98 Å². The first-order valence-electron chi connectivity index (χ1n) is 12.9. The van der Waals surface area contributed by atoms with Crippen LogP contribution in [0.1, 0.15) is 86.4 Å². The maximum Gasteiger partial charge on any atom is 0.188 e. The lowest BCUT2D eigenvalue weighted by atomic mass is 9.75. The molecule has 0 radical (unpaired) electrons. The lowest BCUT2D eigenvalue weighted by Crippen LogP contribution is -2.60. The van der Waals surface area contributed by atoms with Gasteiger partial charge >= 0.3 is 0 Å². The standard InChI is InChI=1S/C29H39N5S/c1-7-23(18-30-6)25-19-31-26(20(3)24(25)8-2)21(4)32-27-22(5)33-28(35-27)34-17-16-29(34)14-12-10-9-11-13-15-29/h7-8,18-19,30H,1-2,9-17H2,3-6H3/b23-18+,32-21+. The third-order valence-electron chi connectivity index (χ3n) is 7.67. The summed E-state index contributed by atoms with van der Waals surface area (Å²) in [4.78, 5) is 17.4. The number of anilines is 1. The van der Waals surface area contributed by atoms with Crippen LogP contribution < -0.4 is 10.2 Å². The zero-order valence-electron chi connectivity index (χ0n) is 21.8. The Morgan fingerprint density at radius 3 is 2.46 bits per heavy atom. The zero-order chi connectivity index (χ0) is 25.0. The highest BCUT2D eigenvalue weighted by atomic mass is 32.1. The minimum atomic E-state index is 0.331. The van der Waals surface area contributed by atoms with Crippen LogP contribution in [0.25, 0.3) is 11.6 Å². The SMILES string of the molecule is C=C/C(=C\NC)c1cnc(/C(C)=N/c2sc(N3CCC34CCCCCCC4)nc2C)c(C)c1C=C. The summed E-state index contributed by atoms with van der Waals surface area (Å²) in [7, 11) is 1.88. The van der Waals surface area contributed by atoms with Crippen molar-refractivity contribution in [3.63, 3.8) is 0 Å². The number of aryl methyl sites for hydroxylation is 1. The normalized spacial score (nSPS) is 18.6. The minimum absolute atomic E-state index is 0.331. The molecule has 2 fully saturated rings. The average molecular weight is 490 g/mol. The van der Waals surface area contributed by atoms with Gasteiger partial charge in [-0.2, -0.15) is 0 Å². The van der Waals surface area contributed by atoms with Crippen LogP contribution in [-0.2, 0) is 0 Å². The Balaban J connectivity index is 1.63. The van der Waals surface area contributed by atoms with Crippen molar-refractivity contribution in [2.24, 2.45) is 4.99 Å². The first-order valence-corrected chi connectivity index (χ1v) is 13.7. The summed E-state index contributed by atoms with van der Waals surface area (Å²) in [5.74, 6) is 0. The molecular formula is C29H39N5S. The van der Waals surface area contributed by atoms with Gasteiger partial charge in [0, 0.05) is 37.1 Å². The number of nitrogens with zero attached hydrogens (tertiary/aromatic N) is 4. The lowest BCUT2D eigenvalue weighted by Gasteiger charge is -2.54. The molecule has 5 nitrogen and oxygen atoms in total. The van der Waals surface area contributed by atoms with Crippen molar-refractivity contribution in [3.05, 3.63) is 59.7 Å². The molecule has 0 amide bonds. The smallest absolute Gasteiger partial charge is 0.188 e. The molecule has 3 heterocycles. The fourth-order valence-electron chi connectivity index (χ4n) is 5.61. The second-order valence-electron chi connectivity index (χ2n) is 9.83. The largest absolute Gasteiger partial charge is 0.393 e. The zero-order valence-corrected chi connectivity index (χ0v) is 22.6. The van der Waals surface area contributed by atoms with E-state index in [2.05, 4.69) is 37.2 Å². The van der Waals surface area contributed by atoms with Crippen molar-refractivity contribution in [1.29, 1.82) is 0 Å². The second-order valence-corrected chi connectivity index (χ2v) is 10.8. The van der Waals surface area contributed by atoms with Crippen LogP contribution >= 0.6 is 11.3 Å². The molecule has 1 N–H and O–H groups in total. The van der Waals surface area contributed by atoms with Crippen LogP contribution in [-0.4, -0.2) is 34.8 Å². The number of nitrogens with one attached hydrogen (secondary N) is 1. The molecule has 0 unspecified atom stereocenters. The summed E-state index contributed by atoms with van der Waals surface area (Å²) in [5.41, 5.74) is 7.25. The van der Waals surface area contributed by atoms with Crippen molar-refractivity contribution in [2.45, 2.75) is 77.7 Å². The maximum atomic E-state index is 5.03. The van der Waals surface area contributed by atoms with Crippen molar-refractivity contribution in [3.8, 4) is 0 Å². The van der Waals surface area contributed by atoms with E-state index in [1.54, 1.807) is 11.3 Å². The van der Waals surface area contributed by atoms with E-state index in [0.29, 0.717) is 5.54 Å². The highest BCUT2D eigenvalue weighted by Crippen LogP contribution is 2.47. The quantitative estimate of drug-likeness (QED) is 0.326. The molecule has 6 heteroatoms. The topological polar surface area (TPSA) is 53.4 Å². The van der Waals surface area contributed by atoms with Gasteiger partial charge in [-0.1, -0.05) is 68.8 Å². The first-order chi connectivity index (χ1) is 16.9. The Morgan fingerprint density at radius 1 is 1.14 bits per heavy atom. The number of pyridine rings is 1. The summed E-state index contributed by atoms with van der Waals surface area (Å²) in [6.45, 7) is 15.3. The van der Waals surface area contributed by atoms with Gasteiger partial charge in [0.15, 0.2) is 5.13 Å². The van der Waals surface area contributed by atoms with E-state index in [0.717, 1.165) is 56.0 Å². The van der Waals surface area contributed by atoms with Gasteiger partial charge < -0.3 is 10.2 Å². The first kappa shape index (κ1) is 25.4. The van der Waals surface area contributed by atoms with Gasteiger partial charge in [0.1, 0.15) is 5.00 Å². The molecule has 1 saturated heterocycles. The number of allylic oxidation sites excluding steroid dienone is 2. The Bertz CT molecular complexity index is 1150. The van der Waals surface area contributed by atoms with Crippen molar-refractivity contribution >= 4 is 38.8 Å². The number of thiazole rings is 1. The van der Waals surface area contributed by atoms with Crippen molar-refractivity contribution in [2.75, 3.05) is 18.5 Å². The Hall–Kier alpha value is -2.73. The predicted octanol–water partition coefficient (Wildman–Crippen LogP) is 7.38. The van der Waals surface area contributed by atoms with Crippen molar-refractivity contribution < 1.29 is 0 Å². The van der Waals surface area contributed by atoms with Gasteiger partial charge in [-0.05, 0) is 56.7 Å². The molecule has 2 aromatic heterocycles. The van der Waals surface area contributed by atoms with Gasteiger partial charge in [0.05, 0.1) is 17.1 Å². The van der Waals surface area contributed by atoms with E-state index in [9.17, 15) is 0 Å². The van der Waals surface area contributed by atoms with Crippen LogP contribution in [0.3, 0.4) is 0 Å². The summed E-state index contributed by atoms with van der Waals surface area (Å²) in [5, 5.41) is 5.21. The summed E-state index contributed by atoms with van der Waals surface area (Å²) >= 11 is 1.73. The number of rotatable bonds is 7. The average Bonchev–Trinajstić information content (AvgIpc) is 3.15. The van der Waals surface area contributed by atoms with E-state index >= 15 is 0 Å². The Morgan fingerprint density at radius 2 is 1.86 bits per heavy atom. The van der Waals surface area contributed by atoms with E-state index < -0.39 is 0 Å². The highest BCUT2D eigenvalue weighted by molar-refractivity contribution is 7.19. The molecule has 0 atom stereocenters. The predicted molar refractivity (Wildman–Crippen MR) is 152 cm³/mol. The van der Waals surface area contributed by atoms with E-state index in [1.165, 1.54) is 51.4 Å². The van der Waals surface area contributed by atoms with Gasteiger partial charge in [-0.15, -0.1) is 0 Å². The molecule has 1 spiro atoms. The Kier molecular flexibility index (Phi) is 7.90. The molecule has 2 aliphatic rings. The lowest BCUT2D eigenvalue weighted by molar-refractivity contribution is 0.211. The summed E-state index contributed by atoms with van der Waals surface area (Å²) < 4.78 is 0. The number of hydrogen-bond donors (Lipinski definition) is 1. The molecule has 2 aromatic rings. The molecule has 4 rings (SSSR count). The molecular weight excluding hydrogens is 450 g/mol.